The Morgan fingerprint density at radius 2 is 1.79 bits per heavy atom. The average Bonchev–Trinajstić information content (AvgIpc) is 2.07. The molecule has 0 aromatic rings. The molecule has 1 heterocycles. The summed E-state index contributed by atoms with van der Waals surface area (Å²) in [5, 5.41) is 0. The number of hydrogen-bond donors (Lipinski definition) is 0. The lowest BCUT2D eigenvalue weighted by Crippen LogP contribution is -2.32. The van der Waals surface area contributed by atoms with Crippen LogP contribution < -0.4 is 0 Å². The van der Waals surface area contributed by atoms with Gasteiger partial charge in [0.2, 0.25) is 0 Å². The molecule has 0 amide bonds. The molecule has 2 heteroatoms. The lowest BCUT2D eigenvalue weighted by molar-refractivity contribution is -0.127. The third-order valence-corrected chi connectivity index (χ3v) is 3.15. The van der Waals surface area contributed by atoms with Gasteiger partial charge in [-0.25, -0.2) is 0 Å². The molecule has 0 aliphatic carbocycles. The van der Waals surface area contributed by atoms with Gasteiger partial charge in [0.05, 0.1) is 0 Å². The van der Waals surface area contributed by atoms with E-state index in [1.165, 1.54) is 12.8 Å². The van der Waals surface area contributed by atoms with E-state index < -0.39 is 0 Å². The van der Waals surface area contributed by atoms with Crippen LogP contribution in [0, 0.1) is 11.3 Å². The Bertz CT molecular complexity index is 197. The highest BCUT2D eigenvalue weighted by Crippen LogP contribution is 2.25. The molecule has 0 spiro atoms. The number of likely N-dealkylation sites (tertiary alicyclic amines) is 1. The molecule has 1 saturated heterocycles. The summed E-state index contributed by atoms with van der Waals surface area (Å²) in [6.45, 7) is 8.36. The van der Waals surface area contributed by atoms with Gasteiger partial charge in [0, 0.05) is 11.8 Å². The molecule has 14 heavy (non-hydrogen) atoms. The smallest absolute Gasteiger partial charge is 0.138 e. The fraction of sp³-hybridized carbons (Fsp3) is 0.917. The van der Waals surface area contributed by atoms with Gasteiger partial charge in [0.15, 0.2) is 0 Å². The van der Waals surface area contributed by atoms with Gasteiger partial charge in [-0.15, -0.1) is 0 Å². The lowest BCUT2D eigenvalue weighted by atomic mass is 9.82. The topological polar surface area (TPSA) is 20.3 Å². The van der Waals surface area contributed by atoms with Crippen molar-refractivity contribution >= 4 is 5.78 Å². The first-order valence-electron chi connectivity index (χ1n) is 5.61. The van der Waals surface area contributed by atoms with E-state index in [1.807, 2.05) is 20.8 Å². The number of nitrogens with zero attached hydrogens (tertiary/aromatic N) is 1. The highest BCUT2D eigenvalue weighted by Gasteiger charge is 2.26. The summed E-state index contributed by atoms with van der Waals surface area (Å²) in [6, 6.07) is 0. The number of carbonyl (C=O) groups is 1. The van der Waals surface area contributed by atoms with Gasteiger partial charge in [-0.3, -0.25) is 4.79 Å². The van der Waals surface area contributed by atoms with Crippen molar-refractivity contribution in [2.45, 2.75) is 40.0 Å². The lowest BCUT2D eigenvalue weighted by Gasteiger charge is -2.30. The quantitative estimate of drug-likeness (QED) is 0.677. The molecule has 0 saturated carbocycles. The molecule has 0 N–H and O–H groups in total. The van der Waals surface area contributed by atoms with Crippen molar-refractivity contribution in [3.05, 3.63) is 0 Å². The summed E-state index contributed by atoms with van der Waals surface area (Å²) in [6.07, 6.45) is 3.17. The number of ketones is 1. The van der Waals surface area contributed by atoms with E-state index in [4.69, 9.17) is 0 Å². The second-order valence-corrected chi connectivity index (χ2v) is 5.62. The SMILES string of the molecule is CN1CCC(CC(=O)C(C)(C)C)CC1. The van der Waals surface area contributed by atoms with E-state index >= 15 is 0 Å². The predicted octanol–water partition coefficient (Wildman–Crippen LogP) is 2.33. The van der Waals surface area contributed by atoms with Crippen molar-refractivity contribution in [3.63, 3.8) is 0 Å². The molecule has 0 atom stereocenters. The van der Waals surface area contributed by atoms with E-state index in [0.717, 1.165) is 19.5 Å². The molecule has 1 aliphatic heterocycles. The maximum atomic E-state index is 11.8. The van der Waals surface area contributed by atoms with Crippen molar-refractivity contribution < 1.29 is 4.79 Å². The van der Waals surface area contributed by atoms with Crippen molar-refractivity contribution in [2.75, 3.05) is 20.1 Å². The minimum absolute atomic E-state index is 0.149. The second-order valence-electron chi connectivity index (χ2n) is 5.62. The summed E-state index contributed by atoms with van der Waals surface area (Å²) in [7, 11) is 2.15. The van der Waals surface area contributed by atoms with Crippen LogP contribution >= 0.6 is 0 Å². The minimum atomic E-state index is -0.149. The second kappa shape index (κ2) is 4.43. The highest BCUT2D eigenvalue weighted by molar-refractivity contribution is 5.83. The van der Waals surface area contributed by atoms with E-state index in [-0.39, 0.29) is 5.41 Å². The Labute approximate surface area is 87.7 Å². The highest BCUT2D eigenvalue weighted by atomic mass is 16.1. The Balaban J connectivity index is 2.35. The largest absolute Gasteiger partial charge is 0.306 e. The van der Waals surface area contributed by atoms with Gasteiger partial charge in [0.25, 0.3) is 0 Å². The van der Waals surface area contributed by atoms with Gasteiger partial charge in [0.1, 0.15) is 5.78 Å². The maximum Gasteiger partial charge on any atom is 0.138 e. The summed E-state index contributed by atoms with van der Waals surface area (Å²) < 4.78 is 0. The van der Waals surface area contributed by atoms with Crippen LogP contribution in [0.2, 0.25) is 0 Å². The third kappa shape index (κ3) is 3.41. The fourth-order valence-corrected chi connectivity index (χ4v) is 1.83. The van der Waals surface area contributed by atoms with Crippen molar-refractivity contribution in [1.29, 1.82) is 0 Å². The predicted molar refractivity (Wildman–Crippen MR) is 59.3 cm³/mol. The molecule has 1 fully saturated rings. The summed E-state index contributed by atoms with van der Waals surface area (Å²) >= 11 is 0. The molecule has 82 valence electrons. The normalized spacial score (nSPS) is 21.1. The number of carbonyl (C=O) groups excluding carboxylic acids is 1. The molecule has 0 bridgehead atoms. The van der Waals surface area contributed by atoms with Crippen LogP contribution in [0.1, 0.15) is 40.0 Å². The molecule has 0 unspecified atom stereocenters. The zero-order chi connectivity index (χ0) is 10.8. The number of piperidine rings is 1. The monoisotopic (exact) mass is 197 g/mol. The molecule has 1 aliphatic rings. The van der Waals surface area contributed by atoms with E-state index in [2.05, 4.69) is 11.9 Å². The van der Waals surface area contributed by atoms with Gasteiger partial charge in [-0.2, -0.15) is 0 Å². The number of rotatable bonds is 2. The zero-order valence-electron chi connectivity index (χ0n) is 9.97. The summed E-state index contributed by atoms with van der Waals surface area (Å²) in [5.74, 6) is 1.06. The summed E-state index contributed by atoms with van der Waals surface area (Å²) in [4.78, 5) is 14.1. The molecular formula is C12H23NO. The van der Waals surface area contributed by atoms with Gasteiger partial charge in [-0.1, -0.05) is 20.8 Å². The first kappa shape index (κ1) is 11.7. The molecule has 2 nitrogen and oxygen atoms in total. The van der Waals surface area contributed by atoms with Crippen LogP contribution in [0.4, 0.5) is 0 Å². The van der Waals surface area contributed by atoms with Gasteiger partial charge < -0.3 is 4.90 Å². The summed E-state index contributed by atoms with van der Waals surface area (Å²) in [5.41, 5.74) is -0.149. The third-order valence-electron chi connectivity index (χ3n) is 3.15. The first-order valence-corrected chi connectivity index (χ1v) is 5.61. The first-order chi connectivity index (χ1) is 6.39. The fourth-order valence-electron chi connectivity index (χ4n) is 1.83. The van der Waals surface area contributed by atoms with Crippen LogP contribution in [0.15, 0.2) is 0 Å². The number of hydrogen-bond acceptors (Lipinski definition) is 2. The van der Waals surface area contributed by atoms with Gasteiger partial charge in [-0.05, 0) is 38.9 Å². The van der Waals surface area contributed by atoms with Crippen molar-refractivity contribution in [1.82, 2.24) is 4.90 Å². The average molecular weight is 197 g/mol. The van der Waals surface area contributed by atoms with Crippen LogP contribution in [-0.2, 0) is 4.79 Å². The molecule has 0 aromatic carbocycles. The number of Topliss-reactive ketones (excluding diaryl/α,β-unsaturated/α-hetero) is 1. The van der Waals surface area contributed by atoms with Crippen molar-refractivity contribution in [2.24, 2.45) is 11.3 Å². The maximum absolute atomic E-state index is 11.8. The van der Waals surface area contributed by atoms with Crippen LogP contribution in [0.25, 0.3) is 0 Å². The molecule has 0 aromatic heterocycles. The van der Waals surface area contributed by atoms with Gasteiger partial charge >= 0.3 is 0 Å². The van der Waals surface area contributed by atoms with E-state index in [9.17, 15) is 4.79 Å². The Kier molecular flexibility index (Phi) is 3.71. The van der Waals surface area contributed by atoms with Crippen LogP contribution in [0.3, 0.4) is 0 Å². The molecular weight excluding hydrogens is 174 g/mol. The standard InChI is InChI=1S/C12H23NO/c1-12(2,3)11(14)9-10-5-7-13(4)8-6-10/h10H,5-9H2,1-4H3. The Morgan fingerprint density at radius 3 is 2.21 bits per heavy atom. The van der Waals surface area contributed by atoms with Crippen molar-refractivity contribution in [3.8, 4) is 0 Å². The minimum Gasteiger partial charge on any atom is -0.306 e. The van der Waals surface area contributed by atoms with E-state index in [0.29, 0.717) is 11.7 Å². The Morgan fingerprint density at radius 1 is 1.29 bits per heavy atom. The van der Waals surface area contributed by atoms with Crippen LogP contribution in [-0.4, -0.2) is 30.8 Å². The molecule has 0 radical (unpaired) electrons. The van der Waals surface area contributed by atoms with E-state index in [1.54, 1.807) is 0 Å². The Hall–Kier alpha value is -0.370. The molecule has 1 rings (SSSR count). The zero-order valence-corrected chi connectivity index (χ0v) is 9.97. The van der Waals surface area contributed by atoms with Crippen LogP contribution in [0.5, 0.6) is 0 Å².